The van der Waals surface area contributed by atoms with E-state index >= 15 is 8.78 Å². The Labute approximate surface area is 343 Å². The van der Waals surface area contributed by atoms with Gasteiger partial charge in [-0.1, -0.05) is 31.5 Å². The maximum atomic E-state index is 15.6. The fourth-order valence-electron chi connectivity index (χ4n) is 7.94. The SMILES string of the molecule is C[C@@H]1c2c(C(F)F)nn(CC(=O)N[C@@H](Cc3cc(F)cc(F)c3)c3ncc(-c4cnn(C5COC5)c4)cc3-c3ccc(Cl)c4c(NS(C)(=O)=O)nn(C)c34)c2C(F)(F)[C@@H]1C. The minimum Gasteiger partial charge on any atom is -0.377 e. The first-order valence-electron chi connectivity index (χ1n) is 18.6. The number of carbonyl (C=O) groups is 1. The molecule has 2 aromatic carbocycles. The fourth-order valence-corrected chi connectivity index (χ4v) is 8.67. The number of alkyl halides is 4. The van der Waals surface area contributed by atoms with Gasteiger partial charge >= 0.3 is 0 Å². The Morgan fingerprint density at radius 3 is 2.38 bits per heavy atom. The molecule has 0 radical (unpaired) electrons. The zero-order valence-corrected chi connectivity index (χ0v) is 33.8. The first-order valence-corrected chi connectivity index (χ1v) is 20.8. The summed E-state index contributed by atoms with van der Waals surface area (Å²) in [7, 11) is -2.28. The third kappa shape index (κ3) is 7.48. The molecule has 0 spiro atoms. The number of nitrogens with one attached hydrogen (secondary N) is 2. The molecule has 5 heterocycles. The van der Waals surface area contributed by atoms with Gasteiger partial charge in [0.15, 0.2) is 5.82 Å². The van der Waals surface area contributed by atoms with Crippen LogP contribution in [0.5, 0.6) is 0 Å². The van der Waals surface area contributed by atoms with Crippen molar-refractivity contribution in [2.45, 2.75) is 57.2 Å². The molecular weight excluding hydrogens is 840 g/mol. The van der Waals surface area contributed by atoms with Gasteiger partial charge in [-0.05, 0) is 42.2 Å². The van der Waals surface area contributed by atoms with Crippen LogP contribution in [0.2, 0.25) is 5.02 Å². The summed E-state index contributed by atoms with van der Waals surface area (Å²) in [4.78, 5) is 18.9. The lowest BCUT2D eigenvalue weighted by molar-refractivity contribution is -0.123. The van der Waals surface area contributed by atoms with Crippen LogP contribution in [0.4, 0.5) is 32.2 Å². The quantitative estimate of drug-likeness (QED) is 0.120. The number of hydrogen-bond acceptors (Lipinski definition) is 8. The van der Waals surface area contributed by atoms with Gasteiger partial charge in [-0.2, -0.15) is 24.1 Å². The highest BCUT2D eigenvalue weighted by molar-refractivity contribution is 7.92. The second-order valence-electron chi connectivity index (χ2n) is 15.1. The number of aromatic nitrogens is 7. The van der Waals surface area contributed by atoms with Gasteiger partial charge in [0.2, 0.25) is 15.9 Å². The summed E-state index contributed by atoms with van der Waals surface area (Å²) in [6.07, 6.45) is 2.37. The van der Waals surface area contributed by atoms with Gasteiger partial charge in [-0.15, -0.1) is 0 Å². The molecule has 1 fully saturated rings. The van der Waals surface area contributed by atoms with Gasteiger partial charge in [0.25, 0.3) is 12.3 Å². The number of sulfonamides is 1. The van der Waals surface area contributed by atoms with Gasteiger partial charge in [0.1, 0.15) is 29.6 Å². The van der Waals surface area contributed by atoms with Crippen LogP contribution in [0.15, 0.2) is 55.0 Å². The van der Waals surface area contributed by atoms with E-state index in [1.165, 1.54) is 30.8 Å². The summed E-state index contributed by atoms with van der Waals surface area (Å²) in [5.41, 5.74) is 0.453. The van der Waals surface area contributed by atoms with E-state index in [1.807, 2.05) is 0 Å². The molecule has 1 saturated heterocycles. The summed E-state index contributed by atoms with van der Waals surface area (Å²) < 4.78 is 125. The van der Waals surface area contributed by atoms with Crippen LogP contribution in [0, 0.1) is 17.6 Å². The first kappa shape index (κ1) is 41.3. The summed E-state index contributed by atoms with van der Waals surface area (Å²) >= 11 is 6.67. The second kappa shape index (κ2) is 15.2. The van der Waals surface area contributed by atoms with Crippen molar-refractivity contribution in [2.24, 2.45) is 13.0 Å². The van der Waals surface area contributed by atoms with Crippen molar-refractivity contribution in [1.82, 2.24) is 39.6 Å². The molecule has 3 atom stereocenters. The molecule has 0 unspecified atom stereocenters. The molecule has 8 rings (SSSR count). The highest BCUT2D eigenvalue weighted by Crippen LogP contribution is 2.54. The number of rotatable bonds is 12. The largest absolute Gasteiger partial charge is 0.377 e. The molecule has 1 amide bonds. The lowest BCUT2D eigenvalue weighted by atomic mass is 9.92. The third-order valence-corrected chi connectivity index (χ3v) is 11.9. The number of amides is 1. The molecule has 316 valence electrons. The number of carbonyl (C=O) groups excluding carboxylic acids is 1. The van der Waals surface area contributed by atoms with Crippen molar-refractivity contribution in [3.63, 3.8) is 0 Å². The Hall–Kier alpha value is -5.47. The smallest absolute Gasteiger partial charge is 0.292 e. The van der Waals surface area contributed by atoms with Crippen molar-refractivity contribution >= 4 is 44.3 Å². The molecule has 1 aliphatic heterocycles. The number of ether oxygens (including phenoxy) is 1. The van der Waals surface area contributed by atoms with E-state index in [9.17, 15) is 30.8 Å². The summed E-state index contributed by atoms with van der Waals surface area (Å²) in [6.45, 7) is 2.66. The van der Waals surface area contributed by atoms with Crippen molar-refractivity contribution in [3.8, 4) is 22.3 Å². The van der Waals surface area contributed by atoms with E-state index in [4.69, 9.17) is 21.3 Å². The average Bonchev–Trinajstić information content (AvgIpc) is 3.88. The third-order valence-electron chi connectivity index (χ3n) is 11.0. The topological polar surface area (TPSA) is 151 Å². The van der Waals surface area contributed by atoms with Gasteiger partial charge in [-0.3, -0.25) is 28.5 Å². The van der Waals surface area contributed by atoms with Gasteiger partial charge in [0, 0.05) is 59.2 Å². The minimum absolute atomic E-state index is 0.0157. The molecule has 4 aromatic heterocycles. The maximum absolute atomic E-state index is 15.6. The molecular formula is C39H36ClF6N9O4S. The van der Waals surface area contributed by atoms with Crippen LogP contribution in [0.25, 0.3) is 33.2 Å². The number of halogens is 7. The zero-order valence-electron chi connectivity index (χ0n) is 32.2. The summed E-state index contributed by atoms with van der Waals surface area (Å²) in [6, 6.07) is 6.39. The van der Waals surface area contributed by atoms with Crippen LogP contribution in [-0.4, -0.2) is 68.1 Å². The first-order chi connectivity index (χ1) is 28.3. The maximum Gasteiger partial charge on any atom is 0.292 e. The van der Waals surface area contributed by atoms with E-state index in [-0.39, 0.29) is 45.5 Å². The van der Waals surface area contributed by atoms with Crippen molar-refractivity contribution in [1.29, 1.82) is 0 Å². The van der Waals surface area contributed by atoms with Crippen LogP contribution in [0.1, 0.15) is 66.5 Å². The summed E-state index contributed by atoms with van der Waals surface area (Å²) in [5, 5.41) is 15.7. The number of fused-ring (bicyclic) bond motifs is 2. The molecule has 21 heteroatoms. The number of nitrogens with zero attached hydrogens (tertiary/aromatic N) is 7. The molecule has 6 aromatic rings. The molecule has 0 bridgehead atoms. The molecule has 2 aliphatic rings. The Morgan fingerprint density at radius 2 is 1.73 bits per heavy atom. The van der Waals surface area contributed by atoms with Gasteiger partial charge in [0.05, 0.1) is 59.4 Å². The monoisotopic (exact) mass is 875 g/mol. The second-order valence-corrected chi connectivity index (χ2v) is 17.3. The van der Waals surface area contributed by atoms with E-state index in [0.717, 1.165) is 18.4 Å². The lowest BCUT2D eigenvalue weighted by Crippen LogP contribution is -2.35. The van der Waals surface area contributed by atoms with Crippen LogP contribution < -0.4 is 10.0 Å². The fraction of sp³-hybridized carbons (Fsp3) is 0.359. The van der Waals surface area contributed by atoms with E-state index in [1.54, 1.807) is 36.3 Å². The van der Waals surface area contributed by atoms with Crippen LogP contribution in [-0.2, 0) is 45.5 Å². The Bertz CT molecular complexity index is 2770. The predicted octanol–water partition coefficient (Wildman–Crippen LogP) is 7.45. The van der Waals surface area contributed by atoms with Gasteiger partial charge in [-0.25, -0.2) is 26.0 Å². The standard InChI is InChI=1S/C39H36ClF6N9O4S/c1-18-19(2)39(45,46)36-31(18)34(37(43)44)50-55(36)15-30(56)49-29(9-20-7-23(41)11-24(42)8-20)33-27(10-21(12-47-33)22-13-48-54(14-22)25-16-59-17-25)26-5-6-28(40)32-35(26)53(3)51-38(32)52-60(4,57)58/h5-8,10-14,18-19,25,29,37H,9,15-17H2,1-4H3,(H,49,56)(H,51,52)/t18-,19+,29-/m0/s1. The van der Waals surface area contributed by atoms with Crippen LogP contribution >= 0.6 is 11.6 Å². The normalized spacial score (nSPS) is 18.2. The highest BCUT2D eigenvalue weighted by atomic mass is 35.5. The van der Waals surface area contributed by atoms with Gasteiger partial charge < -0.3 is 10.1 Å². The van der Waals surface area contributed by atoms with Crippen molar-refractivity contribution < 1.29 is 44.3 Å². The highest BCUT2D eigenvalue weighted by Gasteiger charge is 2.55. The zero-order chi connectivity index (χ0) is 43.0. The van der Waals surface area contributed by atoms with E-state index in [0.29, 0.717) is 51.7 Å². The van der Waals surface area contributed by atoms with E-state index in [2.05, 4.69) is 25.3 Å². The minimum atomic E-state index is -3.84. The number of aryl methyl sites for hydroxylation is 1. The molecule has 1 aliphatic carbocycles. The number of hydrogen-bond donors (Lipinski definition) is 2. The van der Waals surface area contributed by atoms with Crippen molar-refractivity contribution in [2.75, 3.05) is 24.2 Å². The Kier molecular flexibility index (Phi) is 10.5. The number of benzene rings is 2. The lowest BCUT2D eigenvalue weighted by Gasteiger charge is -2.26. The molecule has 2 N–H and O–H groups in total. The van der Waals surface area contributed by atoms with Crippen molar-refractivity contribution in [3.05, 3.63) is 99.9 Å². The number of pyridine rings is 1. The molecule has 13 nitrogen and oxygen atoms in total. The summed E-state index contributed by atoms with van der Waals surface area (Å²) in [5.74, 6) is -8.79. The number of anilines is 1. The predicted molar refractivity (Wildman–Crippen MR) is 208 cm³/mol. The Morgan fingerprint density at radius 1 is 1.02 bits per heavy atom. The molecule has 60 heavy (non-hydrogen) atoms. The molecule has 0 saturated carbocycles. The Balaban J connectivity index is 1.28. The van der Waals surface area contributed by atoms with E-state index < -0.39 is 75.7 Å². The average molecular weight is 876 g/mol. The van der Waals surface area contributed by atoms with Crippen LogP contribution in [0.3, 0.4) is 0 Å².